The fraction of sp³-hybridized carbons (Fsp3) is 0.455. The van der Waals surface area contributed by atoms with Crippen molar-refractivity contribution in [3.05, 3.63) is 34.9 Å². The minimum absolute atomic E-state index is 0. The first-order valence-electron chi connectivity index (χ1n) is 5.25. The normalized spacial score (nSPS) is 14.0. The molecule has 0 radical (unpaired) electrons. The van der Waals surface area contributed by atoms with Crippen molar-refractivity contribution in [3.8, 4) is 0 Å². The second-order valence-electron chi connectivity index (χ2n) is 4.03. The molecule has 0 saturated carbocycles. The van der Waals surface area contributed by atoms with E-state index in [4.69, 9.17) is 5.73 Å². The van der Waals surface area contributed by atoms with Crippen molar-refractivity contribution in [1.82, 2.24) is 0 Å². The van der Waals surface area contributed by atoms with Crippen LogP contribution < -0.4 is 5.73 Å². The summed E-state index contributed by atoms with van der Waals surface area (Å²) in [4.78, 5) is 0. The van der Waals surface area contributed by atoms with Crippen LogP contribution >= 0.6 is 12.4 Å². The molecule has 1 atom stereocenters. The third-order valence-corrected chi connectivity index (χ3v) is 2.52. The average Bonchev–Trinajstić information content (AvgIpc) is 2.24. The van der Waals surface area contributed by atoms with E-state index in [9.17, 15) is 35.1 Å². The highest BCUT2D eigenvalue weighted by Gasteiger charge is 2.38. The van der Waals surface area contributed by atoms with Gasteiger partial charge in [0.25, 0.3) is 0 Å². The smallest absolute Gasteiger partial charge is 0.324 e. The molecule has 0 fully saturated rings. The van der Waals surface area contributed by atoms with E-state index in [-0.39, 0.29) is 30.6 Å². The Balaban J connectivity index is 0.00000400. The molecular formula is C11H10ClF8N. The van der Waals surface area contributed by atoms with Gasteiger partial charge in [0.05, 0.1) is 11.1 Å². The van der Waals surface area contributed by atoms with Crippen LogP contribution in [-0.4, -0.2) is 6.43 Å². The van der Waals surface area contributed by atoms with Gasteiger partial charge in [-0.05, 0) is 23.8 Å². The second-order valence-corrected chi connectivity index (χ2v) is 4.03. The molecule has 0 aliphatic rings. The van der Waals surface area contributed by atoms with Gasteiger partial charge in [0.2, 0.25) is 6.43 Å². The van der Waals surface area contributed by atoms with Crippen molar-refractivity contribution < 1.29 is 35.1 Å². The third kappa shape index (κ3) is 5.31. The monoisotopic (exact) mass is 343 g/mol. The molecule has 0 spiro atoms. The minimum atomic E-state index is -4.97. The number of hydrogen-bond donors (Lipinski definition) is 1. The SMILES string of the molecule is Cl.N[C@H](CC(F)F)c1cc(C(F)(F)F)ccc1C(F)(F)F. The number of nitrogens with two attached hydrogens (primary N) is 1. The Hall–Kier alpha value is -1.09. The summed E-state index contributed by atoms with van der Waals surface area (Å²) >= 11 is 0. The summed E-state index contributed by atoms with van der Waals surface area (Å²) in [6, 6.07) is -1.24. The molecule has 0 saturated heterocycles. The predicted molar refractivity (Wildman–Crippen MR) is 61.2 cm³/mol. The minimum Gasteiger partial charge on any atom is -0.324 e. The highest BCUT2D eigenvalue weighted by Crippen LogP contribution is 2.39. The maximum Gasteiger partial charge on any atom is 0.416 e. The van der Waals surface area contributed by atoms with E-state index in [1.807, 2.05) is 0 Å². The van der Waals surface area contributed by atoms with Gasteiger partial charge in [0.1, 0.15) is 0 Å². The summed E-state index contributed by atoms with van der Waals surface area (Å²) in [6.07, 6.45) is -14.0. The van der Waals surface area contributed by atoms with Crippen molar-refractivity contribution in [2.45, 2.75) is 31.2 Å². The number of halogens is 9. The van der Waals surface area contributed by atoms with Gasteiger partial charge in [-0.1, -0.05) is 0 Å². The zero-order chi connectivity index (χ0) is 15.7. The summed E-state index contributed by atoms with van der Waals surface area (Å²) in [5, 5.41) is 0. The largest absolute Gasteiger partial charge is 0.416 e. The molecule has 122 valence electrons. The molecule has 21 heavy (non-hydrogen) atoms. The lowest BCUT2D eigenvalue weighted by molar-refractivity contribution is -0.142. The van der Waals surface area contributed by atoms with E-state index in [1.165, 1.54) is 0 Å². The Morgan fingerprint density at radius 3 is 1.86 bits per heavy atom. The second kappa shape index (κ2) is 6.78. The van der Waals surface area contributed by atoms with Crippen molar-refractivity contribution >= 4 is 12.4 Å². The van der Waals surface area contributed by atoms with Crippen molar-refractivity contribution in [3.63, 3.8) is 0 Å². The van der Waals surface area contributed by atoms with Gasteiger partial charge >= 0.3 is 12.4 Å². The molecule has 1 rings (SSSR count). The Morgan fingerprint density at radius 2 is 1.48 bits per heavy atom. The fourth-order valence-electron chi connectivity index (χ4n) is 1.62. The maximum atomic E-state index is 12.7. The van der Waals surface area contributed by atoms with Crippen molar-refractivity contribution in [1.29, 1.82) is 0 Å². The van der Waals surface area contributed by atoms with Gasteiger partial charge in [-0.2, -0.15) is 26.3 Å². The van der Waals surface area contributed by atoms with Crippen LogP contribution in [-0.2, 0) is 12.4 Å². The summed E-state index contributed by atoms with van der Waals surface area (Å²) in [7, 11) is 0. The first-order valence-corrected chi connectivity index (χ1v) is 5.25. The molecule has 0 bridgehead atoms. The topological polar surface area (TPSA) is 26.0 Å². The summed E-state index contributed by atoms with van der Waals surface area (Å²) < 4.78 is 99.6. The van der Waals surface area contributed by atoms with Gasteiger partial charge in [0.15, 0.2) is 0 Å². The summed E-state index contributed by atoms with van der Waals surface area (Å²) in [5.74, 6) is 0. The van der Waals surface area contributed by atoms with Gasteiger partial charge < -0.3 is 5.73 Å². The molecule has 1 aromatic rings. The molecule has 1 nitrogen and oxygen atoms in total. The Morgan fingerprint density at radius 1 is 0.952 bits per heavy atom. The molecule has 0 aliphatic heterocycles. The van der Waals surface area contributed by atoms with Crippen LogP contribution in [0, 0.1) is 0 Å². The van der Waals surface area contributed by atoms with Crippen molar-refractivity contribution in [2.24, 2.45) is 5.73 Å². The molecule has 0 aromatic heterocycles. The Labute approximate surface area is 120 Å². The Kier molecular flexibility index (Phi) is 6.43. The van der Waals surface area contributed by atoms with E-state index in [2.05, 4.69) is 0 Å². The molecular weight excluding hydrogens is 334 g/mol. The highest BCUT2D eigenvalue weighted by atomic mass is 35.5. The summed E-state index contributed by atoms with van der Waals surface area (Å²) in [5.41, 5.74) is 1.35. The molecule has 2 N–H and O–H groups in total. The quantitative estimate of drug-likeness (QED) is 0.784. The molecule has 0 heterocycles. The molecule has 10 heteroatoms. The van der Waals surface area contributed by atoms with Crippen LogP contribution in [0.15, 0.2) is 18.2 Å². The number of benzene rings is 1. The predicted octanol–water partition coefficient (Wildman–Crippen LogP) is 4.80. The average molecular weight is 344 g/mol. The number of rotatable bonds is 3. The van der Waals surface area contributed by atoms with Crippen molar-refractivity contribution in [2.75, 3.05) is 0 Å². The molecule has 1 aromatic carbocycles. The van der Waals surface area contributed by atoms with E-state index in [1.54, 1.807) is 0 Å². The molecule has 0 amide bonds. The van der Waals surface area contributed by atoms with Crippen LogP contribution in [0.4, 0.5) is 35.1 Å². The van der Waals surface area contributed by atoms with Crippen LogP contribution in [0.2, 0.25) is 0 Å². The van der Waals surface area contributed by atoms with Crippen LogP contribution in [0.1, 0.15) is 29.2 Å². The molecule has 0 unspecified atom stereocenters. The van der Waals surface area contributed by atoms with Crippen LogP contribution in [0.5, 0.6) is 0 Å². The lowest BCUT2D eigenvalue weighted by Gasteiger charge is -2.20. The lowest BCUT2D eigenvalue weighted by atomic mass is 9.95. The zero-order valence-corrected chi connectivity index (χ0v) is 10.9. The highest BCUT2D eigenvalue weighted by molar-refractivity contribution is 5.85. The van der Waals surface area contributed by atoms with Gasteiger partial charge in [-0.15, -0.1) is 12.4 Å². The fourth-order valence-corrected chi connectivity index (χ4v) is 1.62. The number of hydrogen-bond acceptors (Lipinski definition) is 1. The first-order chi connectivity index (χ1) is 8.93. The lowest BCUT2D eigenvalue weighted by Crippen LogP contribution is -2.21. The standard InChI is InChI=1S/C11H9F8N.ClH/c12-9(13)4-8(20)6-3-5(10(14,15)16)1-2-7(6)11(17,18)19;/h1-3,8-9H,4,20H2;1H/t8-;/m1./s1. The van der Waals surface area contributed by atoms with Crippen LogP contribution in [0.25, 0.3) is 0 Å². The van der Waals surface area contributed by atoms with Gasteiger partial charge in [-0.25, -0.2) is 8.78 Å². The zero-order valence-electron chi connectivity index (χ0n) is 10.1. The van der Waals surface area contributed by atoms with Gasteiger partial charge in [-0.3, -0.25) is 0 Å². The Bertz CT molecular complexity index is 468. The van der Waals surface area contributed by atoms with Gasteiger partial charge in [0, 0.05) is 12.5 Å². The summed E-state index contributed by atoms with van der Waals surface area (Å²) in [6.45, 7) is 0. The van der Waals surface area contributed by atoms with E-state index < -0.39 is 47.9 Å². The third-order valence-electron chi connectivity index (χ3n) is 2.52. The van der Waals surface area contributed by atoms with E-state index in [0.717, 1.165) is 0 Å². The van der Waals surface area contributed by atoms with E-state index in [0.29, 0.717) is 0 Å². The van der Waals surface area contributed by atoms with E-state index >= 15 is 0 Å². The molecule has 0 aliphatic carbocycles. The van der Waals surface area contributed by atoms with Crippen LogP contribution in [0.3, 0.4) is 0 Å². The maximum absolute atomic E-state index is 12.7. The number of alkyl halides is 8. The first kappa shape index (κ1) is 19.9.